The van der Waals surface area contributed by atoms with Gasteiger partial charge in [0.1, 0.15) is 6.04 Å². The summed E-state index contributed by atoms with van der Waals surface area (Å²) in [6.07, 6.45) is 0.904. The van der Waals surface area contributed by atoms with Gasteiger partial charge in [-0.1, -0.05) is 30.3 Å². The molecule has 0 unspecified atom stereocenters. The molecular formula is C11H14ClNO2. The maximum absolute atomic E-state index is 10.9. The molecule has 3 nitrogen and oxygen atoms in total. The number of benzene rings is 1. The molecule has 1 fully saturated rings. The SMILES string of the molecule is Cl.O=C(O)[C@H]1NCC[C@@H]1c1ccccc1. The zero-order valence-corrected chi connectivity index (χ0v) is 9.04. The normalized spacial score (nSPS) is 24.5. The summed E-state index contributed by atoms with van der Waals surface area (Å²) in [6.45, 7) is 0.788. The highest BCUT2D eigenvalue weighted by molar-refractivity contribution is 5.85. The van der Waals surface area contributed by atoms with E-state index in [4.69, 9.17) is 5.11 Å². The molecule has 0 spiro atoms. The van der Waals surface area contributed by atoms with Crippen molar-refractivity contribution < 1.29 is 9.90 Å². The summed E-state index contributed by atoms with van der Waals surface area (Å²) in [5.41, 5.74) is 1.12. The van der Waals surface area contributed by atoms with Gasteiger partial charge in [0.05, 0.1) is 0 Å². The van der Waals surface area contributed by atoms with Gasteiger partial charge in [-0.25, -0.2) is 0 Å². The van der Waals surface area contributed by atoms with Crippen LogP contribution in [-0.4, -0.2) is 23.7 Å². The Hall–Kier alpha value is -1.06. The molecule has 15 heavy (non-hydrogen) atoms. The first-order valence-corrected chi connectivity index (χ1v) is 4.80. The minimum Gasteiger partial charge on any atom is -0.480 e. The Morgan fingerprint density at radius 3 is 2.60 bits per heavy atom. The van der Waals surface area contributed by atoms with Gasteiger partial charge >= 0.3 is 5.97 Å². The number of aliphatic carboxylic acids is 1. The van der Waals surface area contributed by atoms with Crippen molar-refractivity contribution in [1.82, 2.24) is 5.32 Å². The predicted octanol–water partition coefficient (Wildman–Crippen LogP) is 1.64. The number of carboxylic acid groups (broad SMARTS) is 1. The monoisotopic (exact) mass is 227 g/mol. The molecule has 0 aromatic heterocycles. The summed E-state index contributed by atoms with van der Waals surface area (Å²) in [5.74, 6) is -0.634. The Morgan fingerprint density at radius 2 is 2.00 bits per heavy atom. The average Bonchev–Trinajstić information content (AvgIpc) is 2.67. The molecule has 2 atom stereocenters. The minimum atomic E-state index is -0.753. The van der Waals surface area contributed by atoms with Crippen molar-refractivity contribution in [3.8, 4) is 0 Å². The first-order valence-electron chi connectivity index (χ1n) is 4.80. The first kappa shape index (κ1) is 12.0. The lowest BCUT2D eigenvalue weighted by molar-refractivity contribution is -0.139. The van der Waals surface area contributed by atoms with Crippen molar-refractivity contribution >= 4 is 18.4 Å². The molecular weight excluding hydrogens is 214 g/mol. The van der Waals surface area contributed by atoms with Crippen LogP contribution in [0.5, 0.6) is 0 Å². The third-order valence-corrected chi connectivity index (χ3v) is 2.72. The maximum atomic E-state index is 10.9. The number of carbonyl (C=O) groups is 1. The summed E-state index contributed by atoms with van der Waals surface area (Å²) in [5, 5.41) is 12.0. The highest BCUT2D eigenvalue weighted by Crippen LogP contribution is 2.27. The van der Waals surface area contributed by atoms with E-state index in [1.165, 1.54) is 0 Å². The van der Waals surface area contributed by atoms with Crippen LogP contribution in [0.4, 0.5) is 0 Å². The smallest absolute Gasteiger partial charge is 0.321 e. The van der Waals surface area contributed by atoms with Gasteiger partial charge in [0, 0.05) is 5.92 Å². The fourth-order valence-corrected chi connectivity index (χ4v) is 2.02. The number of nitrogens with one attached hydrogen (secondary N) is 1. The standard InChI is InChI=1S/C11H13NO2.ClH/c13-11(14)10-9(6-7-12-10)8-4-2-1-3-5-8;/h1-5,9-10,12H,6-7H2,(H,13,14);1H/t9-,10+;/m1./s1. The van der Waals surface area contributed by atoms with E-state index in [0.29, 0.717) is 0 Å². The van der Waals surface area contributed by atoms with Crippen LogP contribution in [0.25, 0.3) is 0 Å². The van der Waals surface area contributed by atoms with Gasteiger partial charge in [0.2, 0.25) is 0 Å². The molecule has 1 heterocycles. The molecule has 0 saturated carbocycles. The van der Waals surface area contributed by atoms with Crippen LogP contribution in [0.1, 0.15) is 17.9 Å². The Bertz CT molecular complexity index is 329. The number of hydrogen-bond acceptors (Lipinski definition) is 2. The second-order valence-corrected chi connectivity index (χ2v) is 3.58. The minimum absolute atomic E-state index is 0. The zero-order valence-electron chi connectivity index (χ0n) is 8.22. The van der Waals surface area contributed by atoms with Crippen LogP contribution >= 0.6 is 12.4 Å². The molecule has 0 aliphatic carbocycles. The molecule has 1 aromatic carbocycles. The molecule has 1 aliphatic heterocycles. The van der Waals surface area contributed by atoms with Crippen LogP contribution in [0.15, 0.2) is 30.3 Å². The highest BCUT2D eigenvalue weighted by Gasteiger charge is 2.33. The zero-order chi connectivity index (χ0) is 9.97. The molecule has 4 heteroatoms. The lowest BCUT2D eigenvalue weighted by Crippen LogP contribution is -2.34. The molecule has 1 aliphatic rings. The van der Waals surface area contributed by atoms with Crippen LogP contribution < -0.4 is 5.32 Å². The van der Waals surface area contributed by atoms with E-state index in [9.17, 15) is 4.79 Å². The average molecular weight is 228 g/mol. The van der Waals surface area contributed by atoms with Crippen molar-refractivity contribution in [2.24, 2.45) is 0 Å². The van der Waals surface area contributed by atoms with Gasteiger partial charge in [-0.2, -0.15) is 0 Å². The van der Waals surface area contributed by atoms with Crippen molar-refractivity contribution in [3.63, 3.8) is 0 Å². The van der Waals surface area contributed by atoms with Gasteiger partial charge in [0.15, 0.2) is 0 Å². The van der Waals surface area contributed by atoms with Crippen LogP contribution in [0.3, 0.4) is 0 Å². The van der Waals surface area contributed by atoms with Crippen molar-refractivity contribution in [1.29, 1.82) is 0 Å². The Kier molecular flexibility index (Phi) is 4.12. The molecule has 2 N–H and O–H groups in total. The molecule has 0 amide bonds. The van der Waals surface area contributed by atoms with Crippen LogP contribution in [-0.2, 0) is 4.79 Å². The highest BCUT2D eigenvalue weighted by atomic mass is 35.5. The Labute approximate surface area is 94.9 Å². The number of carboxylic acids is 1. The predicted molar refractivity (Wildman–Crippen MR) is 60.5 cm³/mol. The third-order valence-electron chi connectivity index (χ3n) is 2.72. The summed E-state index contributed by atoms with van der Waals surface area (Å²) >= 11 is 0. The maximum Gasteiger partial charge on any atom is 0.321 e. The number of rotatable bonds is 2. The lowest BCUT2D eigenvalue weighted by Gasteiger charge is -2.15. The van der Waals surface area contributed by atoms with E-state index in [2.05, 4.69) is 5.32 Å². The molecule has 0 bridgehead atoms. The molecule has 82 valence electrons. The quantitative estimate of drug-likeness (QED) is 0.808. The van der Waals surface area contributed by atoms with Gasteiger partial charge < -0.3 is 10.4 Å². The van der Waals surface area contributed by atoms with E-state index in [-0.39, 0.29) is 18.3 Å². The van der Waals surface area contributed by atoms with Crippen molar-refractivity contribution in [2.45, 2.75) is 18.4 Å². The van der Waals surface area contributed by atoms with E-state index >= 15 is 0 Å². The van der Waals surface area contributed by atoms with Crippen LogP contribution in [0.2, 0.25) is 0 Å². The Morgan fingerprint density at radius 1 is 1.33 bits per heavy atom. The summed E-state index contributed by atoms with van der Waals surface area (Å²) in [6, 6.07) is 9.42. The van der Waals surface area contributed by atoms with Crippen molar-refractivity contribution in [3.05, 3.63) is 35.9 Å². The number of hydrogen-bond donors (Lipinski definition) is 2. The molecule has 2 rings (SSSR count). The van der Waals surface area contributed by atoms with Gasteiger partial charge in [-0.15, -0.1) is 12.4 Å². The fourth-order valence-electron chi connectivity index (χ4n) is 2.02. The summed E-state index contributed by atoms with van der Waals surface area (Å²) < 4.78 is 0. The van der Waals surface area contributed by atoms with Gasteiger partial charge in [-0.05, 0) is 18.5 Å². The van der Waals surface area contributed by atoms with Gasteiger partial charge in [0.25, 0.3) is 0 Å². The Balaban J connectivity index is 0.00000112. The van der Waals surface area contributed by atoms with Gasteiger partial charge in [-0.3, -0.25) is 4.79 Å². The lowest BCUT2D eigenvalue weighted by atomic mass is 9.92. The van der Waals surface area contributed by atoms with E-state index in [1.54, 1.807) is 0 Å². The number of halogens is 1. The first-order chi connectivity index (χ1) is 6.79. The van der Waals surface area contributed by atoms with Crippen LogP contribution in [0, 0.1) is 0 Å². The summed E-state index contributed by atoms with van der Waals surface area (Å²) in [4.78, 5) is 10.9. The van der Waals surface area contributed by atoms with E-state index in [0.717, 1.165) is 18.5 Å². The fraction of sp³-hybridized carbons (Fsp3) is 0.364. The van der Waals surface area contributed by atoms with E-state index < -0.39 is 12.0 Å². The van der Waals surface area contributed by atoms with E-state index in [1.807, 2.05) is 30.3 Å². The molecule has 1 aromatic rings. The van der Waals surface area contributed by atoms with Crippen molar-refractivity contribution in [2.75, 3.05) is 6.54 Å². The topological polar surface area (TPSA) is 49.3 Å². The largest absolute Gasteiger partial charge is 0.480 e. The third kappa shape index (κ3) is 2.49. The molecule has 0 radical (unpaired) electrons. The second kappa shape index (κ2) is 5.14. The summed E-state index contributed by atoms with van der Waals surface area (Å²) in [7, 11) is 0. The second-order valence-electron chi connectivity index (χ2n) is 3.58. The molecule has 1 saturated heterocycles.